The van der Waals surface area contributed by atoms with Gasteiger partial charge in [-0.1, -0.05) is 67.6 Å². The summed E-state index contributed by atoms with van der Waals surface area (Å²) in [6.45, 7) is 7.29. The Kier molecular flexibility index (Phi) is 7.10. The molecule has 33 heavy (non-hydrogen) atoms. The Labute approximate surface area is 201 Å². The highest BCUT2D eigenvalue weighted by atomic mass is 32.2. The number of H-pyrrole nitrogens is 1. The number of imidazole rings is 1. The third kappa shape index (κ3) is 5.32. The van der Waals surface area contributed by atoms with Crippen LogP contribution in [-0.2, 0) is 6.54 Å². The molecule has 1 aliphatic rings. The van der Waals surface area contributed by atoms with E-state index >= 15 is 0 Å². The third-order valence-corrected chi connectivity index (χ3v) is 7.55. The van der Waals surface area contributed by atoms with E-state index in [1.807, 2.05) is 11.8 Å². The molecule has 4 aromatic rings. The minimum Gasteiger partial charge on any atom is -0.341 e. The molecule has 1 saturated heterocycles. The Hall–Kier alpha value is -2.60. The highest BCUT2D eigenvalue weighted by Crippen LogP contribution is 2.30. The summed E-state index contributed by atoms with van der Waals surface area (Å²) in [6, 6.07) is 28.7. The quantitative estimate of drug-likeness (QED) is 0.331. The summed E-state index contributed by atoms with van der Waals surface area (Å²) in [5, 5.41) is 0. The summed E-state index contributed by atoms with van der Waals surface area (Å²) in [7, 11) is 0. The summed E-state index contributed by atoms with van der Waals surface area (Å²) >= 11 is 1.92. The average molecular weight is 457 g/mol. The predicted molar refractivity (Wildman–Crippen MR) is 139 cm³/mol. The van der Waals surface area contributed by atoms with Crippen molar-refractivity contribution in [2.45, 2.75) is 30.8 Å². The van der Waals surface area contributed by atoms with E-state index in [2.05, 4.69) is 101 Å². The molecule has 0 amide bonds. The highest BCUT2D eigenvalue weighted by molar-refractivity contribution is 7.99. The van der Waals surface area contributed by atoms with Crippen LogP contribution in [0.1, 0.15) is 36.3 Å². The number of nitrogens with zero attached hydrogens (tertiary/aromatic N) is 3. The standard InChI is InChI=1S/C28H32N4S/c1-2-19-33-24-13-14-25-26(20-24)30-27(29-25)21-31-15-17-32(18-16-31)28(22-9-5-3-6-10-22)23-11-7-4-8-12-23/h3-14,20,28H,2,15-19,21H2,1H3,(H,29,30). The van der Waals surface area contributed by atoms with Gasteiger partial charge in [-0.3, -0.25) is 9.80 Å². The number of nitrogens with one attached hydrogen (secondary N) is 1. The predicted octanol–water partition coefficient (Wildman–Crippen LogP) is 5.97. The lowest BCUT2D eigenvalue weighted by Gasteiger charge is -2.39. The van der Waals surface area contributed by atoms with Crippen molar-refractivity contribution in [1.29, 1.82) is 0 Å². The first-order valence-electron chi connectivity index (χ1n) is 12.0. The molecule has 5 rings (SSSR count). The van der Waals surface area contributed by atoms with Crippen LogP contribution in [0.5, 0.6) is 0 Å². The van der Waals surface area contributed by atoms with Gasteiger partial charge in [0, 0.05) is 31.1 Å². The van der Waals surface area contributed by atoms with Crippen molar-refractivity contribution in [1.82, 2.24) is 19.8 Å². The molecule has 4 nitrogen and oxygen atoms in total. The van der Waals surface area contributed by atoms with Crippen LogP contribution in [-0.4, -0.2) is 51.7 Å². The molecule has 5 heteroatoms. The number of aromatic amines is 1. The first-order chi connectivity index (χ1) is 16.3. The van der Waals surface area contributed by atoms with Gasteiger partial charge in [-0.15, -0.1) is 11.8 Å². The maximum absolute atomic E-state index is 4.86. The molecule has 3 aromatic carbocycles. The molecule has 0 bridgehead atoms. The van der Waals surface area contributed by atoms with Crippen LogP contribution in [0, 0.1) is 0 Å². The fourth-order valence-corrected chi connectivity index (χ4v) is 5.51. The van der Waals surface area contributed by atoms with Gasteiger partial charge in [-0.05, 0) is 41.5 Å². The van der Waals surface area contributed by atoms with Crippen molar-refractivity contribution in [3.05, 3.63) is 95.8 Å². The van der Waals surface area contributed by atoms with E-state index < -0.39 is 0 Å². The van der Waals surface area contributed by atoms with Crippen molar-refractivity contribution in [3.63, 3.8) is 0 Å². The molecular weight excluding hydrogens is 424 g/mol. The van der Waals surface area contributed by atoms with Crippen LogP contribution in [0.25, 0.3) is 11.0 Å². The normalized spacial score (nSPS) is 15.5. The number of fused-ring (bicyclic) bond motifs is 1. The summed E-state index contributed by atoms with van der Waals surface area (Å²) in [5.41, 5.74) is 4.95. The molecule has 170 valence electrons. The zero-order valence-electron chi connectivity index (χ0n) is 19.3. The molecule has 0 spiro atoms. The monoisotopic (exact) mass is 456 g/mol. The van der Waals surface area contributed by atoms with E-state index in [0.717, 1.165) is 55.3 Å². The van der Waals surface area contributed by atoms with Crippen molar-refractivity contribution in [2.24, 2.45) is 0 Å². The fourth-order valence-electron chi connectivity index (χ4n) is 4.70. The summed E-state index contributed by atoms with van der Waals surface area (Å²) < 4.78 is 0. The van der Waals surface area contributed by atoms with E-state index in [1.54, 1.807) is 0 Å². The smallest absolute Gasteiger partial charge is 0.121 e. The largest absolute Gasteiger partial charge is 0.341 e. The third-order valence-electron chi connectivity index (χ3n) is 6.35. The molecule has 0 saturated carbocycles. The Bertz CT molecular complexity index is 1110. The van der Waals surface area contributed by atoms with Gasteiger partial charge >= 0.3 is 0 Å². The molecule has 1 fully saturated rings. The molecule has 1 aliphatic heterocycles. The molecule has 0 radical (unpaired) electrons. The number of benzene rings is 3. The number of thioether (sulfide) groups is 1. The van der Waals surface area contributed by atoms with Gasteiger partial charge < -0.3 is 4.98 Å². The van der Waals surface area contributed by atoms with E-state index in [1.165, 1.54) is 22.4 Å². The molecule has 1 N–H and O–H groups in total. The van der Waals surface area contributed by atoms with E-state index in [-0.39, 0.29) is 0 Å². The van der Waals surface area contributed by atoms with Gasteiger partial charge in [-0.25, -0.2) is 4.98 Å². The second-order valence-corrected chi connectivity index (χ2v) is 9.92. The lowest BCUT2D eigenvalue weighted by atomic mass is 9.96. The van der Waals surface area contributed by atoms with Gasteiger partial charge in [0.05, 0.1) is 23.6 Å². The second kappa shape index (κ2) is 10.6. The number of aromatic nitrogens is 2. The Morgan fingerprint density at radius 2 is 1.55 bits per heavy atom. The van der Waals surface area contributed by atoms with Crippen molar-refractivity contribution in [2.75, 3.05) is 31.9 Å². The van der Waals surface area contributed by atoms with Crippen LogP contribution in [0.15, 0.2) is 83.8 Å². The summed E-state index contributed by atoms with van der Waals surface area (Å²) in [6.07, 6.45) is 1.19. The van der Waals surface area contributed by atoms with Gasteiger partial charge in [0.25, 0.3) is 0 Å². The van der Waals surface area contributed by atoms with Crippen molar-refractivity contribution >= 4 is 22.8 Å². The van der Waals surface area contributed by atoms with Crippen LogP contribution < -0.4 is 0 Å². The van der Waals surface area contributed by atoms with Crippen LogP contribution >= 0.6 is 11.8 Å². The Morgan fingerprint density at radius 1 is 0.879 bits per heavy atom. The SMILES string of the molecule is CCCSc1ccc2nc(CN3CCN(C(c4ccccc4)c4ccccc4)CC3)[nH]c2c1. The van der Waals surface area contributed by atoms with E-state index in [9.17, 15) is 0 Å². The highest BCUT2D eigenvalue weighted by Gasteiger charge is 2.26. The van der Waals surface area contributed by atoms with E-state index in [0.29, 0.717) is 6.04 Å². The minimum absolute atomic E-state index is 0.305. The first kappa shape index (κ1) is 22.2. The zero-order valence-corrected chi connectivity index (χ0v) is 20.1. The maximum Gasteiger partial charge on any atom is 0.121 e. The number of piperazine rings is 1. The summed E-state index contributed by atoms with van der Waals surface area (Å²) in [5.74, 6) is 2.22. The van der Waals surface area contributed by atoms with Crippen LogP contribution in [0.3, 0.4) is 0 Å². The van der Waals surface area contributed by atoms with E-state index in [4.69, 9.17) is 4.98 Å². The maximum atomic E-state index is 4.86. The van der Waals surface area contributed by atoms with Crippen LogP contribution in [0.2, 0.25) is 0 Å². The summed E-state index contributed by atoms with van der Waals surface area (Å²) in [4.78, 5) is 14.9. The van der Waals surface area contributed by atoms with Crippen molar-refractivity contribution in [3.8, 4) is 0 Å². The molecular formula is C28H32N4S. The average Bonchev–Trinajstić information content (AvgIpc) is 3.27. The molecule has 0 unspecified atom stereocenters. The molecule has 0 aliphatic carbocycles. The lowest BCUT2D eigenvalue weighted by molar-refractivity contribution is 0.103. The first-order valence-corrected chi connectivity index (χ1v) is 13.0. The van der Waals surface area contributed by atoms with Gasteiger partial charge in [0.1, 0.15) is 5.82 Å². The minimum atomic E-state index is 0.305. The Morgan fingerprint density at radius 3 is 2.18 bits per heavy atom. The zero-order chi connectivity index (χ0) is 22.5. The topological polar surface area (TPSA) is 35.2 Å². The number of hydrogen-bond donors (Lipinski definition) is 1. The van der Waals surface area contributed by atoms with Crippen molar-refractivity contribution < 1.29 is 0 Å². The fraction of sp³-hybridized carbons (Fsp3) is 0.321. The Balaban J connectivity index is 1.25. The molecule has 2 heterocycles. The van der Waals surface area contributed by atoms with Gasteiger partial charge in [-0.2, -0.15) is 0 Å². The van der Waals surface area contributed by atoms with Crippen LogP contribution in [0.4, 0.5) is 0 Å². The van der Waals surface area contributed by atoms with Gasteiger partial charge in [0.15, 0.2) is 0 Å². The number of rotatable bonds is 8. The number of hydrogen-bond acceptors (Lipinski definition) is 4. The molecule has 0 atom stereocenters. The van der Waals surface area contributed by atoms with Gasteiger partial charge in [0.2, 0.25) is 0 Å². The second-order valence-electron chi connectivity index (χ2n) is 8.75. The molecule has 1 aromatic heterocycles. The lowest BCUT2D eigenvalue weighted by Crippen LogP contribution is -2.47.